The highest BCUT2D eigenvalue weighted by molar-refractivity contribution is 5.39. The Bertz CT molecular complexity index is 784. The van der Waals surface area contributed by atoms with E-state index in [0.29, 0.717) is 18.8 Å². The number of ether oxygens (including phenoxy) is 4. The van der Waals surface area contributed by atoms with Crippen molar-refractivity contribution in [3.05, 3.63) is 23.7 Å². The van der Waals surface area contributed by atoms with E-state index in [1.165, 1.54) is 0 Å². The molecule has 2 spiro atoms. The first-order valence-electron chi connectivity index (χ1n) is 11.3. The Morgan fingerprint density at radius 3 is 2.62 bits per heavy atom. The lowest BCUT2D eigenvalue weighted by Gasteiger charge is -2.68. The van der Waals surface area contributed by atoms with Gasteiger partial charge in [-0.25, -0.2) is 0 Å². The van der Waals surface area contributed by atoms with Crippen LogP contribution in [0.25, 0.3) is 0 Å². The van der Waals surface area contributed by atoms with Gasteiger partial charge >= 0.3 is 0 Å². The number of piperidine rings is 1. The van der Waals surface area contributed by atoms with E-state index in [1.54, 1.807) is 7.11 Å². The monoisotopic (exact) mass is 403 g/mol. The number of likely N-dealkylation sites (N-methyl/N-ethyl adjacent to an activating group) is 1. The molecule has 3 unspecified atom stereocenters. The normalized spacial score (nSPS) is 55.6. The number of hydrogen-bond acceptors (Lipinski definition) is 6. The number of rotatable bonds is 1. The molecule has 6 heteroatoms. The van der Waals surface area contributed by atoms with Crippen molar-refractivity contribution in [1.29, 1.82) is 0 Å². The zero-order valence-electron chi connectivity index (χ0n) is 17.9. The Morgan fingerprint density at radius 2 is 1.90 bits per heavy atom. The molecule has 6 aliphatic rings. The van der Waals surface area contributed by atoms with Crippen LogP contribution in [-0.2, 0) is 18.9 Å². The minimum atomic E-state index is -0.806. The molecular weight excluding hydrogens is 370 g/mol. The van der Waals surface area contributed by atoms with Crippen molar-refractivity contribution in [3.63, 3.8) is 0 Å². The first kappa shape index (κ1) is 18.7. The Kier molecular flexibility index (Phi) is 3.72. The van der Waals surface area contributed by atoms with E-state index in [9.17, 15) is 5.11 Å². The van der Waals surface area contributed by atoms with E-state index in [1.807, 2.05) is 0 Å². The molecule has 0 aromatic carbocycles. The fourth-order valence-corrected chi connectivity index (χ4v) is 7.99. The Balaban J connectivity index is 1.56. The van der Waals surface area contributed by atoms with Gasteiger partial charge in [-0.2, -0.15) is 0 Å². The van der Waals surface area contributed by atoms with Crippen LogP contribution in [-0.4, -0.2) is 66.5 Å². The summed E-state index contributed by atoms with van der Waals surface area (Å²) in [4.78, 5) is 2.37. The highest BCUT2D eigenvalue weighted by atomic mass is 16.7. The minimum absolute atomic E-state index is 0.114. The Hall–Kier alpha value is -1.08. The van der Waals surface area contributed by atoms with Crippen molar-refractivity contribution in [2.45, 2.75) is 81.7 Å². The smallest absolute Gasteiger partial charge is 0.207 e. The lowest BCUT2D eigenvalue weighted by molar-refractivity contribution is -0.397. The highest BCUT2D eigenvalue weighted by Crippen LogP contribution is 2.72. The maximum absolute atomic E-state index is 12.4. The molecule has 3 saturated heterocycles. The van der Waals surface area contributed by atoms with Crippen molar-refractivity contribution in [2.24, 2.45) is 17.3 Å². The largest absolute Gasteiger partial charge is 0.493 e. The maximum Gasteiger partial charge on any atom is 0.207 e. The van der Waals surface area contributed by atoms with Crippen LogP contribution in [0, 0.1) is 17.3 Å². The predicted molar refractivity (Wildman–Crippen MR) is 106 cm³/mol. The number of hydrogen-bond donors (Lipinski definition) is 1. The molecule has 3 aliphatic carbocycles. The minimum Gasteiger partial charge on any atom is -0.493 e. The van der Waals surface area contributed by atoms with Crippen molar-refractivity contribution < 1.29 is 24.1 Å². The van der Waals surface area contributed by atoms with E-state index >= 15 is 0 Å². The zero-order valence-corrected chi connectivity index (χ0v) is 17.9. The van der Waals surface area contributed by atoms with Crippen molar-refractivity contribution in [1.82, 2.24) is 4.90 Å². The van der Waals surface area contributed by atoms with Crippen LogP contribution in [0.1, 0.15) is 46.0 Å². The molecule has 5 fully saturated rings. The van der Waals surface area contributed by atoms with Crippen LogP contribution in [0.2, 0.25) is 0 Å². The van der Waals surface area contributed by atoms with Crippen molar-refractivity contribution in [3.8, 4) is 0 Å². The van der Waals surface area contributed by atoms with Crippen LogP contribution in [0.4, 0.5) is 0 Å². The summed E-state index contributed by atoms with van der Waals surface area (Å²) in [7, 11) is 3.86. The van der Waals surface area contributed by atoms with E-state index < -0.39 is 16.8 Å². The molecule has 2 saturated carbocycles. The molecule has 1 N–H and O–H groups in total. The summed E-state index contributed by atoms with van der Waals surface area (Å²) in [6, 6.07) is 0.132. The van der Waals surface area contributed by atoms with Crippen molar-refractivity contribution >= 4 is 0 Å². The highest BCUT2D eigenvalue weighted by Gasteiger charge is 2.80. The van der Waals surface area contributed by atoms with Crippen LogP contribution >= 0.6 is 0 Å². The van der Waals surface area contributed by atoms with Gasteiger partial charge in [0.1, 0.15) is 5.76 Å². The number of allylic oxidation sites excluding steroid dienone is 3. The molecule has 8 atom stereocenters. The predicted octanol–water partition coefficient (Wildman–Crippen LogP) is 2.57. The van der Waals surface area contributed by atoms with Gasteiger partial charge in [-0.05, 0) is 65.1 Å². The first-order valence-corrected chi connectivity index (χ1v) is 11.3. The fourth-order valence-electron chi connectivity index (χ4n) is 7.99. The Morgan fingerprint density at radius 1 is 1.14 bits per heavy atom. The summed E-state index contributed by atoms with van der Waals surface area (Å²) in [6.45, 7) is 5.21. The number of methoxy groups -OCH3 is 1. The summed E-state index contributed by atoms with van der Waals surface area (Å²) < 4.78 is 25.7. The van der Waals surface area contributed by atoms with Gasteiger partial charge in [0.15, 0.2) is 11.9 Å². The molecule has 3 heterocycles. The lowest BCUT2D eigenvalue weighted by Crippen LogP contribution is -2.79. The van der Waals surface area contributed by atoms with Gasteiger partial charge in [0, 0.05) is 18.4 Å². The summed E-state index contributed by atoms with van der Waals surface area (Å²) in [6.07, 6.45) is 8.32. The quantitative estimate of drug-likeness (QED) is 0.726. The molecule has 0 radical (unpaired) electrons. The average Bonchev–Trinajstić information content (AvgIpc) is 3.03. The second-order valence-corrected chi connectivity index (χ2v) is 10.3. The molecule has 0 aromatic rings. The van der Waals surface area contributed by atoms with Gasteiger partial charge in [0.2, 0.25) is 5.79 Å². The number of likely N-dealkylation sites (tertiary alicyclic amines) is 1. The Labute approximate surface area is 172 Å². The SMILES string of the molecule is COC1=C2O[C@H]3C4(CCC5(O)[C@H]6CC(C=C1)C2[C@@]35CCN6C)O[C@H](C)C[C@@H](C)O4. The van der Waals surface area contributed by atoms with Crippen LogP contribution in [0.3, 0.4) is 0 Å². The molecular formula is C23H33NO5. The molecule has 2 bridgehead atoms. The molecule has 3 aliphatic heterocycles. The van der Waals surface area contributed by atoms with Crippen LogP contribution in [0.15, 0.2) is 23.7 Å². The zero-order chi connectivity index (χ0) is 20.2. The van der Waals surface area contributed by atoms with Gasteiger partial charge < -0.3 is 29.0 Å². The van der Waals surface area contributed by atoms with E-state index in [-0.39, 0.29) is 30.3 Å². The summed E-state index contributed by atoms with van der Waals surface area (Å²) in [5.41, 5.74) is -1.22. The average molecular weight is 404 g/mol. The standard InChI is InChI=1S/C23H33NO5/c1-13-11-14(2)29-23(28-13)8-7-22(25)17-12-15-5-6-16(26-4)19-18(15)21(22,20(23)27-19)9-10-24(17)3/h5-6,13-15,17-18,20,25H,7-12H2,1-4H3/t13-,14-,15?,17-,18?,20-,21+,22?/m1/s1. The fraction of sp³-hybridized carbons (Fsp3) is 0.826. The number of nitrogens with zero attached hydrogens (tertiary/aromatic N) is 1. The summed E-state index contributed by atoms with van der Waals surface area (Å²) >= 11 is 0. The van der Waals surface area contributed by atoms with Crippen LogP contribution < -0.4 is 0 Å². The molecule has 29 heavy (non-hydrogen) atoms. The third-order valence-corrected chi connectivity index (χ3v) is 8.92. The topological polar surface area (TPSA) is 60.4 Å². The van der Waals surface area contributed by atoms with Gasteiger partial charge in [0.25, 0.3) is 0 Å². The number of aliphatic hydroxyl groups is 1. The molecule has 160 valence electrons. The third kappa shape index (κ3) is 2.07. The lowest BCUT2D eigenvalue weighted by atomic mass is 9.43. The van der Waals surface area contributed by atoms with Crippen LogP contribution in [0.5, 0.6) is 0 Å². The number of fused-ring (bicyclic) bond motifs is 1. The van der Waals surface area contributed by atoms with Gasteiger partial charge in [-0.3, -0.25) is 0 Å². The summed E-state index contributed by atoms with van der Waals surface area (Å²) in [5, 5.41) is 12.4. The second-order valence-electron chi connectivity index (χ2n) is 10.3. The van der Waals surface area contributed by atoms with Gasteiger partial charge in [-0.1, -0.05) is 6.08 Å². The van der Waals surface area contributed by atoms with Gasteiger partial charge in [0.05, 0.1) is 30.3 Å². The maximum atomic E-state index is 12.4. The van der Waals surface area contributed by atoms with Crippen molar-refractivity contribution in [2.75, 3.05) is 20.7 Å². The molecule has 6 nitrogen and oxygen atoms in total. The first-order chi connectivity index (χ1) is 13.8. The molecule has 6 rings (SSSR count). The summed E-state index contributed by atoms with van der Waals surface area (Å²) in [5.74, 6) is 1.37. The molecule has 0 amide bonds. The molecule has 0 aromatic heterocycles. The van der Waals surface area contributed by atoms with E-state index in [0.717, 1.165) is 37.3 Å². The van der Waals surface area contributed by atoms with Gasteiger partial charge in [-0.15, -0.1) is 0 Å². The third-order valence-electron chi connectivity index (χ3n) is 8.92. The second kappa shape index (κ2) is 5.78. The van der Waals surface area contributed by atoms with E-state index in [4.69, 9.17) is 18.9 Å². The van der Waals surface area contributed by atoms with E-state index in [2.05, 4.69) is 37.9 Å².